The van der Waals surface area contributed by atoms with Crippen molar-refractivity contribution in [3.8, 4) is 0 Å². The van der Waals surface area contributed by atoms with Crippen molar-refractivity contribution in [3.63, 3.8) is 0 Å². The molecule has 166 valence electrons. The lowest BCUT2D eigenvalue weighted by atomic mass is 10.0. The zero-order valence-electron chi connectivity index (χ0n) is 18.6. The van der Waals surface area contributed by atoms with E-state index in [0.29, 0.717) is 37.3 Å². The molecule has 7 heteroatoms. The molecule has 3 N–H and O–H groups in total. The minimum atomic E-state index is -0.576. The Balaban J connectivity index is 1.63. The maximum Gasteiger partial charge on any atom is 0.254 e. The van der Waals surface area contributed by atoms with Gasteiger partial charge in [-0.3, -0.25) is 14.5 Å². The highest BCUT2D eigenvalue weighted by Gasteiger charge is 2.28. The molecule has 1 fully saturated rings. The number of hydrogen-bond donors (Lipinski definition) is 2. The Labute approximate surface area is 183 Å². The lowest BCUT2D eigenvalue weighted by Gasteiger charge is -2.40. The van der Waals surface area contributed by atoms with Crippen LogP contribution < -0.4 is 11.1 Å². The summed E-state index contributed by atoms with van der Waals surface area (Å²) in [4.78, 5) is 29.3. The van der Waals surface area contributed by atoms with Crippen molar-refractivity contribution in [1.29, 1.82) is 0 Å². The highest BCUT2D eigenvalue weighted by atomic mass is 19.1. The van der Waals surface area contributed by atoms with Crippen molar-refractivity contribution < 1.29 is 14.0 Å². The quantitative estimate of drug-likeness (QED) is 0.736. The fourth-order valence-corrected chi connectivity index (χ4v) is 3.72. The third-order valence-electron chi connectivity index (χ3n) is 5.36. The zero-order valence-corrected chi connectivity index (χ0v) is 18.6. The Hall–Kier alpha value is -2.93. The maximum absolute atomic E-state index is 13.7. The van der Waals surface area contributed by atoms with Gasteiger partial charge in [0.25, 0.3) is 11.8 Å². The lowest BCUT2D eigenvalue weighted by Crippen LogP contribution is -2.53. The number of halogens is 1. The summed E-state index contributed by atoms with van der Waals surface area (Å²) in [7, 11) is 0. The Morgan fingerprint density at radius 3 is 2.52 bits per heavy atom. The third kappa shape index (κ3) is 5.82. The molecule has 0 aromatic heterocycles. The second-order valence-corrected chi connectivity index (χ2v) is 9.21. The van der Waals surface area contributed by atoms with Gasteiger partial charge in [0.2, 0.25) is 0 Å². The highest BCUT2D eigenvalue weighted by Crippen LogP contribution is 2.19. The van der Waals surface area contributed by atoms with Crippen LogP contribution in [0.5, 0.6) is 0 Å². The Kier molecular flexibility index (Phi) is 6.65. The first-order valence-corrected chi connectivity index (χ1v) is 10.5. The summed E-state index contributed by atoms with van der Waals surface area (Å²) in [6.07, 6.45) is 0. The van der Waals surface area contributed by atoms with Crippen LogP contribution in [0.15, 0.2) is 42.5 Å². The van der Waals surface area contributed by atoms with Crippen LogP contribution in [-0.2, 0) is 6.54 Å². The first-order valence-electron chi connectivity index (χ1n) is 10.5. The van der Waals surface area contributed by atoms with Crippen LogP contribution in [-0.4, -0.2) is 52.8 Å². The van der Waals surface area contributed by atoms with Crippen LogP contribution in [0, 0.1) is 5.82 Å². The van der Waals surface area contributed by atoms with Gasteiger partial charge < -0.3 is 16.0 Å². The minimum absolute atomic E-state index is 0.0353. The number of benzene rings is 2. The lowest BCUT2D eigenvalue weighted by molar-refractivity contribution is 0.0494. The first-order chi connectivity index (χ1) is 14.5. The summed E-state index contributed by atoms with van der Waals surface area (Å²) in [5, 5.41) is 2.99. The average molecular weight is 427 g/mol. The molecule has 1 heterocycles. The van der Waals surface area contributed by atoms with Crippen molar-refractivity contribution in [2.24, 2.45) is 0 Å². The smallest absolute Gasteiger partial charge is 0.254 e. The Bertz CT molecular complexity index is 970. The fourth-order valence-electron chi connectivity index (χ4n) is 3.72. The van der Waals surface area contributed by atoms with Gasteiger partial charge >= 0.3 is 0 Å². The number of anilines is 1. The number of piperazine rings is 1. The van der Waals surface area contributed by atoms with Gasteiger partial charge in [-0.05, 0) is 63.6 Å². The van der Waals surface area contributed by atoms with E-state index in [1.807, 2.05) is 45.0 Å². The standard InChI is InChI=1S/C24H31FN4O2/c1-16-14-29(23(31)19-8-9-21(26)20(25)13-19)11-10-28(16)15-17-6-5-7-18(12-17)22(30)27-24(2,3)4/h5-9,12-13,16H,10-11,14-15,26H2,1-4H3,(H,27,30). The number of nitrogens with zero attached hydrogens (tertiary/aromatic N) is 2. The summed E-state index contributed by atoms with van der Waals surface area (Å²) in [5.74, 6) is -0.854. The van der Waals surface area contributed by atoms with Gasteiger partial charge in [-0.25, -0.2) is 4.39 Å². The van der Waals surface area contributed by atoms with E-state index in [4.69, 9.17) is 5.73 Å². The van der Waals surface area contributed by atoms with Crippen molar-refractivity contribution in [2.45, 2.75) is 45.8 Å². The zero-order chi connectivity index (χ0) is 22.8. The predicted molar refractivity (Wildman–Crippen MR) is 120 cm³/mol. The van der Waals surface area contributed by atoms with E-state index >= 15 is 0 Å². The molecule has 1 atom stereocenters. The van der Waals surface area contributed by atoms with E-state index in [0.717, 1.165) is 5.56 Å². The molecule has 6 nitrogen and oxygen atoms in total. The van der Waals surface area contributed by atoms with E-state index in [9.17, 15) is 14.0 Å². The molecule has 2 aromatic rings. The average Bonchev–Trinajstić information content (AvgIpc) is 2.70. The molecular weight excluding hydrogens is 395 g/mol. The van der Waals surface area contributed by atoms with Gasteiger partial charge in [-0.2, -0.15) is 0 Å². The molecular formula is C24H31FN4O2. The van der Waals surface area contributed by atoms with Crippen molar-refractivity contribution in [1.82, 2.24) is 15.1 Å². The molecule has 2 aromatic carbocycles. The van der Waals surface area contributed by atoms with Gasteiger partial charge in [0.15, 0.2) is 0 Å². The molecule has 1 aliphatic rings. The molecule has 2 amide bonds. The molecule has 0 spiro atoms. The molecule has 0 saturated carbocycles. The van der Waals surface area contributed by atoms with E-state index in [2.05, 4.69) is 17.1 Å². The summed E-state index contributed by atoms with van der Waals surface area (Å²) in [6, 6.07) is 11.9. The number of amides is 2. The predicted octanol–water partition coefficient (Wildman–Crippen LogP) is 3.28. The highest BCUT2D eigenvalue weighted by molar-refractivity contribution is 5.95. The number of hydrogen-bond acceptors (Lipinski definition) is 4. The molecule has 0 radical (unpaired) electrons. The number of nitrogen functional groups attached to an aromatic ring is 1. The van der Waals surface area contributed by atoms with Crippen molar-refractivity contribution in [2.75, 3.05) is 25.4 Å². The Morgan fingerprint density at radius 2 is 1.87 bits per heavy atom. The molecule has 1 unspecified atom stereocenters. The molecule has 1 aliphatic heterocycles. The van der Waals surface area contributed by atoms with E-state index in [-0.39, 0.29) is 29.1 Å². The monoisotopic (exact) mass is 426 g/mol. The summed E-state index contributed by atoms with van der Waals surface area (Å²) < 4.78 is 13.7. The van der Waals surface area contributed by atoms with E-state index in [1.165, 1.54) is 12.1 Å². The molecule has 1 saturated heterocycles. The summed E-state index contributed by atoms with van der Waals surface area (Å²) in [6.45, 7) is 10.4. The van der Waals surface area contributed by atoms with Gasteiger partial charge in [0.1, 0.15) is 5.82 Å². The topological polar surface area (TPSA) is 78.7 Å². The first kappa shape index (κ1) is 22.7. The van der Waals surface area contributed by atoms with Gasteiger partial charge in [-0.15, -0.1) is 0 Å². The van der Waals surface area contributed by atoms with Crippen LogP contribution >= 0.6 is 0 Å². The van der Waals surface area contributed by atoms with Crippen molar-refractivity contribution in [3.05, 3.63) is 65.0 Å². The van der Waals surface area contributed by atoms with Crippen molar-refractivity contribution >= 4 is 17.5 Å². The maximum atomic E-state index is 13.7. The normalized spacial score (nSPS) is 17.5. The minimum Gasteiger partial charge on any atom is -0.396 e. The SMILES string of the molecule is CC1CN(C(=O)c2ccc(N)c(F)c2)CCN1Cc1cccc(C(=O)NC(C)(C)C)c1. The second-order valence-electron chi connectivity index (χ2n) is 9.21. The van der Waals surface area contributed by atoms with Crippen LogP contribution in [0.1, 0.15) is 54.0 Å². The molecule has 3 rings (SSSR count). The largest absolute Gasteiger partial charge is 0.396 e. The summed E-state index contributed by atoms with van der Waals surface area (Å²) >= 11 is 0. The van der Waals surface area contributed by atoms with Crippen LogP contribution in [0.3, 0.4) is 0 Å². The van der Waals surface area contributed by atoms with Crippen LogP contribution in [0.4, 0.5) is 10.1 Å². The third-order valence-corrected chi connectivity index (χ3v) is 5.36. The van der Waals surface area contributed by atoms with Gasteiger partial charge in [0.05, 0.1) is 5.69 Å². The summed E-state index contributed by atoms with van der Waals surface area (Å²) in [5.41, 5.74) is 7.25. The molecule has 31 heavy (non-hydrogen) atoms. The van der Waals surface area contributed by atoms with E-state index < -0.39 is 5.82 Å². The number of carbonyl (C=O) groups is 2. The van der Waals surface area contributed by atoms with E-state index in [1.54, 1.807) is 11.0 Å². The number of carbonyl (C=O) groups excluding carboxylic acids is 2. The molecule has 0 bridgehead atoms. The number of nitrogens with two attached hydrogens (primary N) is 1. The van der Waals surface area contributed by atoms with Gasteiger partial charge in [-0.1, -0.05) is 12.1 Å². The number of rotatable bonds is 4. The van der Waals surface area contributed by atoms with Crippen LogP contribution in [0.25, 0.3) is 0 Å². The number of nitrogens with one attached hydrogen (secondary N) is 1. The second kappa shape index (κ2) is 9.06. The fraction of sp³-hybridized carbons (Fsp3) is 0.417. The Morgan fingerprint density at radius 1 is 1.13 bits per heavy atom. The molecule has 0 aliphatic carbocycles. The van der Waals surface area contributed by atoms with Gasteiger partial charge in [0, 0.05) is 48.9 Å². The van der Waals surface area contributed by atoms with Crippen LogP contribution in [0.2, 0.25) is 0 Å².